The van der Waals surface area contributed by atoms with Crippen molar-refractivity contribution in [3.8, 4) is 0 Å². The molecule has 0 radical (unpaired) electrons. The minimum absolute atomic E-state index is 0.123. The number of nitrogens with one attached hydrogen (secondary N) is 1. The van der Waals surface area contributed by atoms with E-state index in [0.717, 1.165) is 4.90 Å². The van der Waals surface area contributed by atoms with E-state index in [1.54, 1.807) is 13.0 Å². The molecule has 0 aromatic heterocycles. The Hall–Kier alpha value is -2.12. The smallest absolute Gasteiger partial charge is 0.322 e. The van der Waals surface area contributed by atoms with E-state index in [1.807, 2.05) is 0 Å². The molecule has 2 rings (SSSR count). The number of halogens is 2. The highest BCUT2D eigenvalue weighted by atomic mass is 35.5. The molecule has 0 bridgehead atoms. The molecule has 9 heteroatoms. The van der Waals surface area contributed by atoms with Crippen LogP contribution in [-0.4, -0.2) is 46.6 Å². The van der Waals surface area contributed by atoms with E-state index < -0.39 is 30.3 Å². The molecule has 1 fully saturated rings. The minimum atomic E-state index is -1.02. The second-order valence-electron chi connectivity index (χ2n) is 4.78. The maximum atomic E-state index is 12.0. The Bertz CT molecular complexity index is 672. The van der Waals surface area contributed by atoms with Crippen LogP contribution in [0.25, 0.3) is 0 Å². The Labute approximate surface area is 142 Å². The Morgan fingerprint density at radius 2 is 1.65 bits per heavy atom. The van der Waals surface area contributed by atoms with Crippen LogP contribution in [0.15, 0.2) is 18.2 Å². The van der Waals surface area contributed by atoms with Crippen molar-refractivity contribution >= 4 is 52.6 Å². The van der Waals surface area contributed by atoms with E-state index in [1.165, 1.54) is 12.1 Å². The van der Waals surface area contributed by atoms with E-state index in [4.69, 9.17) is 23.2 Å². The van der Waals surface area contributed by atoms with Gasteiger partial charge in [-0.05, 0) is 18.6 Å². The number of benzene rings is 1. The lowest BCUT2D eigenvalue weighted by Crippen LogP contribution is -2.39. The van der Waals surface area contributed by atoms with Gasteiger partial charge >= 0.3 is 17.8 Å². The second kappa shape index (κ2) is 6.97. The lowest BCUT2D eigenvalue weighted by molar-refractivity contribution is -0.143. The minimum Gasteiger partial charge on any atom is -0.322 e. The Morgan fingerprint density at radius 1 is 1.09 bits per heavy atom. The Morgan fingerprint density at radius 3 is 2.22 bits per heavy atom. The first-order valence-corrected chi connectivity index (χ1v) is 7.53. The summed E-state index contributed by atoms with van der Waals surface area (Å²) < 4.78 is 0. The summed E-state index contributed by atoms with van der Waals surface area (Å²) >= 11 is 11.9. The number of amides is 5. The van der Waals surface area contributed by atoms with E-state index in [0.29, 0.717) is 11.3 Å². The van der Waals surface area contributed by atoms with Gasteiger partial charge in [0, 0.05) is 6.54 Å². The quantitative estimate of drug-likeness (QED) is 0.645. The van der Waals surface area contributed by atoms with E-state index in [-0.39, 0.29) is 22.3 Å². The molecule has 5 amide bonds. The molecule has 1 aromatic rings. The van der Waals surface area contributed by atoms with Gasteiger partial charge in [-0.1, -0.05) is 36.2 Å². The zero-order valence-corrected chi connectivity index (χ0v) is 13.6. The van der Waals surface area contributed by atoms with Crippen molar-refractivity contribution in [1.82, 2.24) is 9.80 Å². The van der Waals surface area contributed by atoms with Crippen molar-refractivity contribution in [2.45, 2.75) is 13.3 Å². The topological polar surface area (TPSA) is 86.8 Å². The monoisotopic (exact) mass is 357 g/mol. The number of hydrogen-bond donors (Lipinski definition) is 1. The molecule has 0 atom stereocenters. The third-order valence-corrected chi connectivity index (χ3v) is 3.74. The van der Waals surface area contributed by atoms with Crippen molar-refractivity contribution in [1.29, 1.82) is 0 Å². The number of carbonyl (C=O) groups excluding carboxylic acids is 4. The molecule has 1 heterocycles. The van der Waals surface area contributed by atoms with Gasteiger partial charge in [-0.2, -0.15) is 0 Å². The predicted molar refractivity (Wildman–Crippen MR) is 84.2 cm³/mol. The standard InChI is InChI=1S/C14H13Cl2N3O4/c1-2-6-18-12(21)13(22)19(14(18)23)7-10(20)17-11-8(15)4-3-5-9(11)16/h3-5H,2,6-7H2,1H3,(H,17,20). The van der Waals surface area contributed by atoms with Gasteiger partial charge in [-0.3, -0.25) is 19.3 Å². The summed E-state index contributed by atoms with van der Waals surface area (Å²) in [6, 6.07) is 3.86. The molecule has 0 aliphatic carbocycles. The summed E-state index contributed by atoms with van der Waals surface area (Å²) in [5.74, 6) is -2.64. The van der Waals surface area contributed by atoms with Gasteiger partial charge in [0.2, 0.25) is 5.91 Å². The van der Waals surface area contributed by atoms with Crippen LogP contribution in [0, 0.1) is 0 Å². The molecule has 0 unspecified atom stereocenters. The molecule has 7 nitrogen and oxygen atoms in total. The first-order chi connectivity index (χ1) is 10.9. The number of carbonyl (C=O) groups is 4. The highest BCUT2D eigenvalue weighted by Gasteiger charge is 2.44. The molecule has 0 saturated carbocycles. The van der Waals surface area contributed by atoms with Crippen LogP contribution in [-0.2, 0) is 14.4 Å². The maximum Gasteiger partial charge on any atom is 0.334 e. The largest absolute Gasteiger partial charge is 0.334 e. The number of rotatable bonds is 5. The molecule has 1 saturated heterocycles. The maximum absolute atomic E-state index is 12.0. The number of anilines is 1. The SMILES string of the molecule is CCCN1C(=O)C(=O)N(CC(=O)Nc2c(Cl)cccc2Cl)C1=O. The normalized spacial score (nSPS) is 14.7. The van der Waals surface area contributed by atoms with Gasteiger partial charge in [0.1, 0.15) is 6.54 Å². The summed E-state index contributed by atoms with van der Waals surface area (Å²) in [6.07, 6.45) is 0.514. The average Bonchev–Trinajstić information content (AvgIpc) is 2.69. The van der Waals surface area contributed by atoms with Gasteiger partial charge < -0.3 is 5.32 Å². The van der Waals surface area contributed by atoms with Crippen LogP contribution < -0.4 is 5.32 Å². The molecular formula is C14H13Cl2N3O4. The van der Waals surface area contributed by atoms with Gasteiger partial charge in [0.05, 0.1) is 15.7 Å². The molecule has 1 aliphatic rings. The molecule has 122 valence electrons. The third-order valence-electron chi connectivity index (χ3n) is 3.11. The number of nitrogens with zero attached hydrogens (tertiary/aromatic N) is 2. The van der Waals surface area contributed by atoms with Gasteiger partial charge in [0.15, 0.2) is 0 Å². The average molecular weight is 358 g/mol. The van der Waals surface area contributed by atoms with Gasteiger partial charge in [-0.25, -0.2) is 9.69 Å². The lowest BCUT2D eigenvalue weighted by atomic mass is 10.3. The van der Waals surface area contributed by atoms with Gasteiger partial charge in [0.25, 0.3) is 0 Å². The van der Waals surface area contributed by atoms with Crippen LogP contribution in [0.1, 0.15) is 13.3 Å². The van der Waals surface area contributed by atoms with Crippen molar-refractivity contribution in [3.63, 3.8) is 0 Å². The van der Waals surface area contributed by atoms with Crippen LogP contribution in [0.2, 0.25) is 10.0 Å². The van der Waals surface area contributed by atoms with Crippen LogP contribution in [0.5, 0.6) is 0 Å². The number of para-hydroxylation sites is 1. The van der Waals surface area contributed by atoms with E-state index >= 15 is 0 Å². The molecule has 23 heavy (non-hydrogen) atoms. The Kier molecular flexibility index (Phi) is 5.23. The third kappa shape index (κ3) is 3.46. The van der Waals surface area contributed by atoms with Crippen molar-refractivity contribution < 1.29 is 19.2 Å². The van der Waals surface area contributed by atoms with E-state index in [9.17, 15) is 19.2 Å². The van der Waals surface area contributed by atoms with Crippen molar-refractivity contribution in [2.75, 3.05) is 18.4 Å². The molecule has 0 spiro atoms. The Balaban J connectivity index is 2.10. The summed E-state index contributed by atoms with van der Waals surface area (Å²) in [6.45, 7) is 1.29. The highest BCUT2D eigenvalue weighted by Crippen LogP contribution is 2.29. The first-order valence-electron chi connectivity index (χ1n) is 6.78. The molecule has 1 N–H and O–H groups in total. The summed E-state index contributed by atoms with van der Waals surface area (Å²) in [4.78, 5) is 49.0. The summed E-state index contributed by atoms with van der Waals surface area (Å²) in [7, 11) is 0. The van der Waals surface area contributed by atoms with Crippen LogP contribution in [0.3, 0.4) is 0 Å². The van der Waals surface area contributed by atoms with Crippen molar-refractivity contribution in [3.05, 3.63) is 28.2 Å². The fourth-order valence-corrected chi connectivity index (χ4v) is 2.54. The van der Waals surface area contributed by atoms with E-state index in [2.05, 4.69) is 5.32 Å². The lowest BCUT2D eigenvalue weighted by Gasteiger charge is -2.15. The summed E-state index contributed by atoms with van der Waals surface area (Å²) in [5, 5.41) is 2.86. The zero-order chi connectivity index (χ0) is 17.1. The predicted octanol–water partition coefficient (Wildman–Crippen LogP) is 2.13. The number of hydrogen-bond acceptors (Lipinski definition) is 4. The molecular weight excluding hydrogens is 345 g/mol. The van der Waals surface area contributed by atoms with Crippen LogP contribution >= 0.6 is 23.2 Å². The molecule has 1 aliphatic heterocycles. The molecule has 1 aromatic carbocycles. The fourth-order valence-electron chi connectivity index (χ4n) is 2.05. The van der Waals surface area contributed by atoms with Gasteiger partial charge in [-0.15, -0.1) is 0 Å². The number of urea groups is 1. The first kappa shape index (κ1) is 17.2. The number of imide groups is 2. The highest BCUT2D eigenvalue weighted by molar-refractivity contribution is 6.45. The fraction of sp³-hybridized carbons (Fsp3) is 0.286. The second-order valence-corrected chi connectivity index (χ2v) is 5.59. The van der Waals surface area contributed by atoms with Crippen LogP contribution in [0.4, 0.5) is 10.5 Å². The van der Waals surface area contributed by atoms with Crippen molar-refractivity contribution in [2.24, 2.45) is 0 Å². The zero-order valence-electron chi connectivity index (χ0n) is 12.1. The summed E-state index contributed by atoms with van der Waals surface area (Å²) in [5.41, 5.74) is 0.177.